The standard InChI is InChI=1S/C25H33NO3/c1-5-25-16-24(4,28)23(3,27)14-20(25)9-8-18-13-21(10-11-22(18)25)29-15-19-7-6-12-26-17(19)2/h6-7,10-13,20,27-28H,5,8-9,14-16H2,1-4H3/t20-,23+,24-,25-/m1/s1. The first kappa shape index (κ1) is 20.4. The Kier molecular flexibility index (Phi) is 4.99. The Morgan fingerprint density at radius 1 is 1.17 bits per heavy atom. The largest absolute Gasteiger partial charge is 0.489 e. The maximum Gasteiger partial charge on any atom is 0.120 e. The lowest BCUT2D eigenvalue weighted by molar-refractivity contribution is -0.189. The summed E-state index contributed by atoms with van der Waals surface area (Å²) in [7, 11) is 0. The highest BCUT2D eigenvalue weighted by Crippen LogP contribution is 2.57. The van der Waals surface area contributed by atoms with Gasteiger partial charge in [0.2, 0.25) is 0 Å². The van der Waals surface area contributed by atoms with Crippen LogP contribution in [0.1, 0.15) is 68.8 Å². The van der Waals surface area contributed by atoms with Crippen molar-refractivity contribution in [3.05, 3.63) is 58.9 Å². The molecule has 0 spiro atoms. The Balaban J connectivity index is 1.62. The highest BCUT2D eigenvalue weighted by Gasteiger charge is 2.58. The topological polar surface area (TPSA) is 62.6 Å². The van der Waals surface area contributed by atoms with Crippen molar-refractivity contribution >= 4 is 0 Å². The molecular weight excluding hydrogens is 362 g/mol. The fourth-order valence-corrected chi connectivity index (χ4v) is 5.65. The number of aryl methyl sites for hydroxylation is 2. The third kappa shape index (κ3) is 3.36. The molecule has 0 unspecified atom stereocenters. The van der Waals surface area contributed by atoms with E-state index in [0.717, 1.165) is 36.3 Å². The number of rotatable bonds is 4. The predicted octanol–water partition coefficient (Wildman–Crippen LogP) is 4.48. The van der Waals surface area contributed by atoms with Gasteiger partial charge in [-0.25, -0.2) is 0 Å². The highest BCUT2D eigenvalue weighted by atomic mass is 16.5. The molecule has 0 amide bonds. The minimum absolute atomic E-state index is 0.0855. The van der Waals surface area contributed by atoms with E-state index >= 15 is 0 Å². The normalized spacial score (nSPS) is 33.7. The van der Waals surface area contributed by atoms with Crippen LogP contribution in [-0.4, -0.2) is 26.4 Å². The molecule has 1 aromatic heterocycles. The van der Waals surface area contributed by atoms with Crippen LogP contribution in [0.3, 0.4) is 0 Å². The summed E-state index contributed by atoms with van der Waals surface area (Å²) in [6.07, 6.45) is 6.03. The lowest BCUT2D eigenvalue weighted by Crippen LogP contribution is -2.62. The van der Waals surface area contributed by atoms with Crippen molar-refractivity contribution in [3.8, 4) is 5.75 Å². The molecule has 0 aliphatic heterocycles. The summed E-state index contributed by atoms with van der Waals surface area (Å²) < 4.78 is 6.09. The first-order valence-electron chi connectivity index (χ1n) is 10.8. The number of nitrogens with zero attached hydrogens (tertiary/aromatic N) is 1. The van der Waals surface area contributed by atoms with Gasteiger partial charge in [-0.3, -0.25) is 4.98 Å². The molecule has 1 heterocycles. The Morgan fingerprint density at radius 2 is 1.97 bits per heavy atom. The first-order chi connectivity index (χ1) is 13.7. The van der Waals surface area contributed by atoms with Gasteiger partial charge >= 0.3 is 0 Å². The van der Waals surface area contributed by atoms with E-state index in [4.69, 9.17) is 4.74 Å². The predicted molar refractivity (Wildman–Crippen MR) is 114 cm³/mol. The van der Waals surface area contributed by atoms with E-state index in [2.05, 4.69) is 30.1 Å². The van der Waals surface area contributed by atoms with E-state index in [0.29, 0.717) is 25.4 Å². The van der Waals surface area contributed by atoms with Gasteiger partial charge in [0, 0.05) is 22.9 Å². The van der Waals surface area contributed by atoms with Crippen molar-refractivity contribution in [2.24, 2.45) is 5.92 Å². The van der Waals surface area contributed by atoms with Gasteiger partial charge in [-0.2, -0.15) is 0 Å². The number of fused-ring (bicyclic) bond motifs is 3. The summed E-state index contributed by atoms with van der Waals surface area (Å²) in [6.45, 7) is 8.31. The Bertz CT molecular complexity index is 905. The summed E-state index contributed by atoms with van der Waals surface area (Å²) >= 11 is 0. The molecule has 2 aliphatic carbocycles. The summed E-state index contributed by atoms with van der Waals surface area (Å²) in [6, 6.07) is 10.4. The van der Waals surface area contributed by atoms with E-state index < -0.39 is 11.2 Å². The van der Waals surface area contributed by atoms with Gasteiger partial charge in [0.15, 0.2) is 0 Å². The smallest absolute Gasteiger partial charge is 0.120 e. The molecule has 1 fully saturated rings. The van der Waals surface area contributed by atoms with Gasteiger partial charge in [-0.05, 0) is 88.1 Å². The van der Waals surface area contributed by atoms with Crippen molar-refractivity contribution in [1.82, 2.24) is 4.98 Å². The second-order valence-corrected chi connectivity index (χ2v) is 9.53. The fraction of sp³-hybridized carbons (Fsp3) is 0.560. The molecule has 4 heteroatoms. The van der Waals surface area contributed by atoms with E-state index in [1.807, 2.05) is 19.1 Å². The van der Waals surface area contributed by atoms with Crippen LogP contribution in [0, 0.1) is 12.8 Å². The number of benzene rings is 1. The van der Waals surface area contributed by atoms with Crippen molar-refractivity contribution in [2.45, 2.75) is 83.0 Å². The van der Waals surface area contributed by atoms with Gasteiger partial charge in [-0.15, -0.1) is 0 Å². The molecular formula is C25H33NO3. The number of ether oxygens (including phenoxy) is 1. The van der Waals surface area contributed by atoms with Crippen molar-refractivity contribution in [1.29, 1.82) is 0 Å². The minimum atomic E-state index is -1.10. The van der Waals surface area contributed by atoms with Gasteiger partial charge < -0.3 is 14.9 Å². The second-order valence-electron chi connectivity index (χ2n) is 9.53. The van der Waals surface area contributed by atoms with Crippen LogP contribution in [0.25, 0.3) is 0 Å². The lowest BCUT2D eigenvalue weighted by Gasteiger charge is -2.58. The number of hydrogen-bond acceptors (Lipinski definition) is 4. The number of aliphatic hydroxyl groups is 2. The fourth-order valence-electron chi connectivity index (χ4n) is 5.65. The molecule has 4 atom stereocenters. The van der Waals surface area contributed by atoms with Gasteiger partial charge in [0.1, 0.15) is 12.4 Å². The van der Waals surface area contributed by atoms with Crippen molar-refractivity contribution < 1.29 is 14.9 Å². The molecule has 2 N–H and O–H groups in total. The summed E-state index contributed by atoms with van der Waals surface area (Å²) in [5.74, 6) is 1.27. The molecule has 1 aromatic carbocycles. The third-order valence-electron chi connectivity index (χ3n) is 7.76. The van der Waals surface area contributed by atoms with Crippen LogP contribution in [0.4, 0.5) is 0 Å². The quantitative estimate of drug-likeness (QED) is 0.801. The van der Waals surface area contributed by atoms with Crippen LogP contribution < -0.4 is 4.74 Å². The monoisotopic (exact) mass is 395 g/mol. The van der Waals surface area contributed by atoms with E-state index in [9.17, 15) is 10.2 Å². The average Bonchev–Trinajstić information content (AvgIpc) is 2.68. The Labute approximate surface area is 174 Å². The molecule has 29 heavy (non-hydrogen) atoms. The maximum atomic E-state index is 11.1. The van der Waals surface area contributed by atoms with Crippen LogP contribution >= 0.6 is 0 Å². The van der Waals surface area contributed by atoms with Crippen molar-refractivity contribution in [3.63, 3.8) is 0 Å². The first-order valence-corrected chi connectivity index (χ1v) is 10.8. The van der Waals surface area contributed by atoms with Crippen LogP contribution in [0.2, 0.25) is 0 Å². The molecule has 0 radical (unpaired) electrons. The third-order valence-corrected chi connectivity index (χ3v) is 7.76. The van der Waals surface area contributed by atoms with E-state index in [1.54, 1.807) is 20.0 Å². The second kappa shape index (κ2) is 7.10. The SMILES string of the molecule is CC[C@@]12C[C@@](C)(O)[C@@](C)(O)C[C@H]1CCc1cc(OCc3cccnc3C)ccc12. The number of pyridine rings is 1. The zero-order chi connectivity index (χ0) is 20.9. The van der Waals surface area contributed by atoms with Crippen molar-refractivity contribution in [2.75, 3.05) is 0 Å². The zero-order valence-electron chi connectivity index (χ0n) is 18.0. The average molecular weight is 396 g/mol. The maximum absolute atomic E-state index is 11.1. The highest BCUT2D eigenvalue weighted by molar-refractivity contribution is 5.44. The van der Waals surface area contributed by atoms with Gasteiger partial charge in [0.25, 0.3) is 0 Å². The molecule has 4 nitrogen and oxygen atoms in total. The van der Waals surface area contributed by atoms with E-state index in [1.165, 1.54) is 11.1 Å². The molecule has 0 saturated heterocycles. The Hall–Kier alpha value is -1.91. The van der Waals surface area contributed by atoms with E-state index in [-0.39, 0.29) is 5.41 Å². The summed E-state index contributed by atoms with van der Waals surface area (Å²) in [5.41, 5.74) is 2.52. The molecule has 4 rings (SSSR count). The number of aromatic nitrogens is 1. The molecule has 2 aromatic rings. The van der Waals surface area contributed by atoms with Crippen LogP contribution in [0.15, 0.2) is 36.5 Å². The molecule has 1 saturated carbocycles. The Morgan fingerprint density at radius 3 is 2.69 bits per heavy atom. The molecule has 156 valence electrons. The van der Waals surface area contributed by atoms with Crippen LogP contribution in [-0.2, 0) is 18.4 Å². The summed E-state index contributed by atoms with van der Waals surface area (Å²) in [5, 5.41) is 21.9. The zero-order valence-corrected chi connectivity index (χ0v) is 18.0. The minimum Gasteiger partial charge on any atom is -0.489 e. The number of hydrogen-bond donors (Lipinski definition) is 2. The summed E-state index contributed by atoms with van der Waals surface area (Å²) in [4.78, 5) is 4.33. The molecule has 2 aliphatic rings. The molecule has 0 bridgehead atoms. The van der Waals surface area contributed by atoms with Gasteiger partial charge in [-0.1, -0.05) is 19.1 Å². The van der Waals surface area contributed by atoms with Gasteiger partial charge in [0.05, 0.1) is 11.2 Å². The lowest BCUT2D eigenvalue weighted by atomic mass is 9.50. The van der Waals surface area contributed by atoms with Crippen LogP contribution in [0.5, 0.6) is 5.75 Å².